The van der Waals surface area contributed by atoms with Crippen LogP contribution in [0.15, 0.2) is 29.1 Å². The van der Waals surface area contributed by atoms with Crippen molar-refractivity contribution in [3.63, 3.8) is 0 Å². The molecule has 0 fully saturated rings. The highest BCUT2D eigenvalue weighted by atomic mass is 16.5. The van der Waals surface area contributed by atoms with E-state index in [0.29, 0.717) is 41.2 Å². The van der Waals surface area contributed by atoms with Crippen LogP contribution in [-0.4, -0.2) is 31.9 Å². The lowest BCUT2D eigenvalue weighted by atomic mass is 10.0. The maximum Gasteiger partial charge on any atom is 0.339 e. The predicted octanol–water partition coefficient (Wildman–Crippen LogP) is 2.27. The average molecular weight is 329 g/mol. The van der Waals surface area contributed by atoms with Crippen LogP contribution < -0.4 is 15.0 Å². The third-order valence-electron chi connectivity index (χ3n) is 4.29. The molecule has 126 valence electrons. The number of para-hydroxylation sites is 1. The molecule has 0 bridgehead atoms. The fourth-order valence-corrected chi connectivity index (χ4v) is 3.19. The lowest BCUT2D eigenvalue weighted by molar-refractivity contribution is 0.0598. The third kappa shape index (κ3) is 2.44. The molecule has 0 spiro atoms. The van der Waals surface area contributed by atoms with Gasteiger partial charge in [0.15, 0.2) is 11.5 Å². The first-order valence-electron chi connectivity index (χ1n) is 7.68. The van der Waals surface area contributed by atoms with Gasteiger partial charge in [-0.25, -0.2) is 4.79 Å². The molecule has 0 amide bonds. The Kier molecular flexibility index (Phi) is 4.29. The lowest BCUT2D eigenvalue weighted by Gasteiger charge is -2.15. The number of fused-ring (bicyclic) bond motifs is 1. The Balaban J connectivity index is 2.31. The van der Waals surface area contributed by atoms with E-state index in [2.05, 4.69) is 0 Å². The summed E-state index contributed by atoms with van der Waals surface area (Å²) in [5, 5.41) is 0. The number of rotatable bonds is 4. The Morgan fingerprint density at radius 2 is 1.92 bits per heavy atom. The molecule has 2 heterocycles. The molecular weight excluding hydrogens is 310 g/mol. The Hall–Kier alpha value is -2.76. The van der Waals surface area contributed by atoms with Gasteiger partial charge < -0.3 is 18.8 Å². The maximum atomic E-state index is 12.9. The summed E-state index contributed by atoms with van der Waals surface area (Å²) < 4.78 is 17.3. The van der Waals surface area contributed by atoms with Crippen molar-refractivity contribution in [2.24, 2.45) is 0 Å². The first kappa shape index (κ1) is 16.1. The van der Waals surface area contributed by atoms with Crippen LogP contribution in [0.25, 0.3) is 11.1 Å². The van der Waals surface area contributed by atoms with Crippen molar-refractivity contribution in [3.05, 3.63) is 45.9 Å². The molecule has 3 rings (SSSR count). The largest absolute Gasteiger partial charge is 0.493 e. The van der Waals surface area contributed by atoms with Gasteiger partial charge in [-0.3, -0.25) is 4.79 Å². The summed E-state index contributed by atoms with van der Waals surface area (Å²) in [6.07, 6.45) is 1.52. The SMILES string of the molecule is COC(=O)c1cc(-c2cccc(OC)c2OC)c(=O)n2c1CCC2. The quantitative estimate of drug-likeness (QED) is 0.805. The van der Waals surface area contributed by atoms with Gasteiger partial charge in [0.05, 0.1) is 32.5 Å². The van der Waals surface area contributed by atoms with E-state index in [-0.39, 0.29) is 5.56 Å². The minimum atomic E-state index is -0.441. The fourth-order valence-electron chi connectivity index (χ4n) is 3.19. The summed E-state index contributed by atoms with van der Waals surface area (Å²) in [5.41, 5.74) is 2.01. The number of carbonyl (C=O) groups is 1. The number of aromatic nitrogens is 1. The number of benzene rings is 1. The number of hydrogen-bond acceptors (Lipinski definition) is 5. The van der Waals surface area contributed by atoms with Gasteiger partial charge in [0, 0.05) is 17.8 Å². The van der Waals surface area contributed by atoms with Gasteiger partial charge in [-0.05, 0) is 25.0 Å². The van der Waals surface area contributed by atoms with Crippen molar-refractivity contribution >= 4 is 5.97 Å². The number of nitrogens with zero attached hydrogens (tertiary/aromatic N) is 1. The molecule has 1 aliphatic rings. The van der Waals surface area contributed by atoms with Gasteiger partial charge in [-0.1, -0.05) is 12.1 Å². The molecule has 0 unspecified atom stereocenters. The van der Waals surface area contributed by atoms with Gasteiger partial charge >= 0.3 is 5.97 Å². The first-order valence-corrected chi connectivity index (χ1v) is 7.68. The molecule has 6 heteroatoms. The molecule has 0 aliphatic carbocycles. The maximum absolute atomic E-state index is 12.9. The molecule has 2 aromatic rings. The van der Waals surface area contributed by atoms with E-state index in [0.717, 1.165) is 12.1 Å². The van der Waals surface area contributed by atoms with Crippen LogP contribution in [0.3, 0.4) is 0 Å². The minimum absolute atomic E-state index is 0.137. The van der Waals surface area contributed by atoms with Crippen molar-refractivity contribution in [2.75, 3.05) is 21.3 Å². The van der Waals surface area contributed by atoms with Crippen LogP contribution >= 0.6 is 0 Å². The molecule has 1 aromatic carbocycles. The summed E-state index contributed by atoms with van der Waals surface area (Å²) in [6, 6.07) is 6.92. The van der Waals surface area contributed by atoms with Crippen molar-refractivity contribution in [1.29, 1.82) is 0 Å². The summed E-state index contributed by atoms with van der Waals surface area (Å²) in [5.74, 6) is 0.551. The van der Waals surface area contributed by atoms with E-state index >= 15 is 0 Å². The Morgan fingerprint density at radius 1 is 1.12 bits per heavy atom. The summed E-state index contributed by atoms with van der Waals surface area (Å²) in [6.45, 7) is 0.596. The van der Waals surface area contributed by atoms with E-state index in [1.54, 1.807) is 28.8 Å². The van der Waals surface area contributed by atoms with Gasteiger partial charge in [-0.15, -0.1) is 0 Å². The summed E-state index contributed by atoms with van der Waals surface area (Å²) in [4.78, 5) is 25.1. The highest BCUT2D eigenvalue weighted by Gasteiger charge is 2.25. The zero-order valence-electron chi connectivity index (χ0n) is 13.9. The zero-order chi connectivity index (χ0) is 17.3. The number of esters is 1. The van der Waals surface area contributed by atoms with Crippen LogP contribution in [0.4, 0.5) is 0 Å². The number of ether oxygens (including phenoxy) is 3. The average Bonchev–Trinajstić information content (AvgIpc) is 3.11. The van der Waals surface area contributed by atoms with Crippen molar-refractivity contribution in [1.82, 2.24) is 4.57 Å². The number of methoxy groups -OCH3 is 3. The third-order valence-corrected chi connectivity index (χ3v) is 4.29. The second-order valence-electron chi connectivity index (χ2n) is 5.51. The molecule has 0 saturated heterocycles. The molecule has 0 saturated carbocycles. The van der Waals surface area contributed by atoms with Crippen LogP contribution in [0.5, 0.6) is 11.5 Å². The van der Waals surface area contributed by atoms with E-state index in [9.17, 15) is 9.59 Å². The smallest absolute Gasteiger partial charge is 0.339 e. The van der Waals surface area contributed by atoms with Gasteiger partial charge in [-0.2, -0.15) is 0 Å². The Labute approximate surface area is 139 Å². The Morgan fingerprint density at radius 3 is 2.58 bits per heavy atom. The number of pyridine rings is 1. The number of hydrogen-bond donors (Lipinski definition) is 0. The van der Waals surface area contributed by atoms with Gasteiger partial charge in [0.2, 0.25) is 0 Å². The van der Waals surface area contributed by atoms with Crippen molar-refractivity contribution in [2.45, 2.75) is 19.4 Å². The normalized spacial score (nSPS) is 12.6. The second kappa shape index (κ2) is 6.39. The summed E-state index contributed by atoms with van der Waals surface area (Å²) >= 11 is 0. The number of carbonyl (C=O) groups excluding carboxylic acids is 1. The van der Waals surface area contributed by atoms with Gasteiger partial charge in [0.1, 0.15) is 0 Å². The molecule has 1 aromatic heterocycles. The molecule has 0 N–H and O–H groups in total. The Bertz CT molecular complexity index is 853. The lowest BCUT2D eigenvalue weighted by Crippen LogP contribution is -2.24. The van der Waals surface area contributed by atoms with E-state index in [1.807, 2.05) is 0 Å². The van der Waals surface area contributed by atoms with E-state index < -0.39 is 5.97 Å². The summed E-state index contributed by atoms with van der Waals surface area (Å²) in [7, 11) is 4.40. The zero-order valence-corrected chi connectivity index (χ0v) is 13.9. The molecule has 24 heavy (non-hydrogen) atoms. The predicted molar refractivity (Wildman–Crippen MR) is 88.9 cm³/mol. The molecule has 6 nitrogen and oxygen atoms in total. The molecule has 0 atom stereocenters. The van der Waals surface area contributed by atoms with E-state index in [1.165, 1.54) is 21.3 Å². The van der Waals surface area contributed by atoms with Crippen LogP contribution in [0.1, 0.15) is 22.5 Å². The minimum Gasteiger partial charge on any atom is -0.493 e. The monoisotopic (exact) mass is 329 g/mol. The van der Waals surface area contributed by atoms with E-state index in [4.69, 9.17) is 14.2 Å². The van der Waals surface area contributed by atoms with Crippen LogP contribution in [-0.2, 0) is 17.7 Å². The second-order valence-corrected chi connectivity index (χ2v) is 5.51. The molecular formula is C18H19NO5. The highest BCUT2D eigenvalue weighted by Crippen LogP contribution is 2.37. The van der Waals surface area contributed by atoms with Crippen LogP contribution in [0.2, 0.25) is 0 Å². The van der Waals surface area contributed by atoms with Crippen LogP contribution in [0, 0.1) is 0 Å². The van der Waals surface area contributed by atoms with Gasteiger partial charge in [0.25, 0.3) is 5.56 Å². The van der Waals surface area contributed by atoms with Crippen molar-refractivity contribution in [3.8, 4) is 22.6 Å². The highest BCUT2D eigenvalue weighted by molar-refractivity contribution is 5.92. The standard InChI is InChI=1S/C18H19NO5/c1-22-15-8-4-6-11(16(15)23-2)12-10-13(18(21)24-3)14-7-5-9-19(14)17(12)20/h4,6,8,10H,5,7,9H2,1-3H3. The van der Waals surface area contributed by atoms with Crippen molar-refractivity contribution < 1.29 is 19.0 Å². The first-order chi connectivity index (χ1) is 11.6. The molecule has 0 radical (unpaired) electrons. The fraction of sp³-hybridized carbons (Fsp3) is 0.333. The molecule has 1 aliphatic heterocycles. The topological polar surface area (TPSA) is 66.8 Å².